The first kappa shape index (κ1) is 20.2. The Bertz CT molecular complexity index is 813. The fraction of sp³-hybridized carbons (Fsp3) is 0.435. The smallest absolute Gasteiger partial charge is 0.224 e. The number of halogens is 1. The molecule has 0 aliphatic carbocycles. The molecule has 0 spiro atoms. The Balaban J connectivity index is 1.50. The first-order valence-electron chi connectivity index (χ1n) is 10.1. The van der Waals surface area contributed by atoms with Gasteiger partial charge in [-0.25, -0.2) is 4.39 Å². The third-order valence-electron chi connectivity index (χ3n) is 5.39. The average Bonchev–Trinajstić information content (AvgIpc) is 2.69. The summed E-state index contributed by atoms with van der Waals surface area (Å²) in [6, 6.07) is 13.1. The molecule has 150 valence electrons. The number of hydrogen-bond acceptors (Lipinski definition) is 3. The second-order valence-corrected chi connectivity index (χ2v) is 7.69. The number of amides is 1. The second-order valence-electron chi connectivity index (χ2n) is 7.69. The Labute approximate surface area is 167 Å². The van der Waals surface area contributed by atoms with Crippen molar-refractivity contribution < 1.29 is 9.18 Å². The number of benzene rings is 2. The van der Waals surface area contributed by atoms with E-state index in [2.05, 4.69) is 44.3 Å². The predicted octanol–water partition coefficient (Wildman–Crippen LogP) is 4.41. The van der Waals surface area contributed by atoms with Gasteiger partial charge in [0.2, 0.25) is 5.91 Å². The quantitative estimate of drug-likeness (QED) is 0.803. The van der Waals surface area contributed by atoms with Crippen LogP contribution in [0.25, 0.3) is 0 Å². The molecule has 2 aromatic carbocycles. The summed E-state index contributed by atoms with van der Waals surface area (Å²) in [5.74, 6) is 0.385. The predicted molar refractivity (Wildman–Crippen MR) is 114 cm³/mol. The number of rotatable bonds is 6. The number of anilines is 2. The van der Waals surface area contributed by atoms with Crippen LogP contribution in [0.4, 0.5) is 15.8 Å². The van der Waals surface area contributed by atoms with Crippen molar-refractivity contribution in [2.24, 2.45) is 0 Å². The molecule has 28 heavy (non-hydrogen) atoms. The van der Waals surface area contributed by atoms with Gasteiger partial charge in [0.25, 0.3) is 0 Å². The minimum atomic E-state index is -0.203. The van der Waals surface area contributed by atoms with Gasteiger partial charge in [0.1, 0.15) is 5.82 Å². The lowest BCUT2D eigenvalue weighted by atomic mass is 9.98. The number of hydrogen-bond donors (Lipinski definition) is 1. The third-order valence-corrected chi connectivity index (χ3v) is 5.39. The van der Waals surface area contributed by atoms with Crippen molar-refractivity contribution in [3.63, 3.8) is 0 Å². The van der Waals surface area contributed by atoms with E-state index in [0.717, 1.165) is 5.69 Å². The number of nitrogens with zero attached hydrogens (tertiary/aromatic N) is 2. The summed E-state index contributed by atoms with van der Waals surface area (Å²) in [6.45, 7) is 9.67. The first-order chi connectivity index (χ1) is 13.5. The summed E-state index contributed by atoms with van der Waals surface area (Å²) in [6.07, 6.45) is 0.464. The molecule has 1 aliphatic heterocycles. The van der Waals surface area contributed by atoms with Crippen LogP contribution in [0.1, 0.15) is 37.3 Å². The van der Waals surface area contributed by atoms with Gasteiger partial charge in [0.05, 0.1) is 5.69 Å². The zero-order valence-corrected chi connectivity index (χ0v) is 17.0. The zero-order valence-electron chi connectivity index (χ0n) is 17.0. The van der Waals surface area contributed by atoms with E-state index in [-0.39, 0.29) is 11.7 Å². The number of para-hydroxylation sites is 2. The largest absolute Gasteiger partial charge is 0.384 e. The molecule has 1 aliphatic rings. The van der Waals surface area contributed by atoms with Crippen LogP contribution in [0.2, 0.25) is 0 Å². The summed E-state index contributed by atoms with van der Waals surface area (Å²) < 4.78 is 13.9. The molecule has 4 nitrogen and oxygen atoms in total. The van der Waals surface area contributed by atoms with Crippen molar-refractivity contribution in [3.8, 4) is 0 Å². The van der Waals surface area contributed by atoms with Gasteiger partial charge in [-0.3, -0.25) is 4.79 Å². The first-order valence-corrected chi connectivity index (χ1v) is 10.1. The fourth-order valence-electron chi connectivity index (χ4n) is 3.77. The molecule has 0 saturated carbocycles. The van der Waals surface area contributed by atoms with E-state index in [1.54, 1.807) is 12.1 Å². The molecule has 3 rings (SSSR count). The van der Waals surface area contributed by atoms with Gasteiger partial charge in [-0.2, -0.15) is 0 Å². The summed E-state index contributed by atoms with van der Waals surface area (Å²) >= 11 is 0. The summed E-state index contributed by atoms with van der Waals surface area (Å²) in [7, 11) is 0. The highest BCUT2D eigenvalue weighted by molar-refractivity contribution is 5.77. The average molecular weight is 384 g/mol. The van der Waals surface area contributed by atoms with Crippen molar-refractivity contribution in [2.75, 3.05) is 42.9 Å². The fourth-order valence-corrected chi connectivity index (χ4v) is 3.77. The van der Waals surface area contributed by atoms with Gasteiger partial charge in [0, 0.05) is 44.8 Å². The maximum absolute atomic E-state index is 13.9. The van der Waals surface area contributed by atoms with E-state index in [4.69, 9.17) is 0 Å². The molecule has 0 atom stereocenters. The van der Waals surface area contributed by atoms with Gasteiger partial charge in [-0.05, 0) is 36.1 Å². The molecule has 0 radical (unpaired) electrons. The highest BCUT2D eigenvalue weighted by Gasteiger charge is 2.22. The maximum atomic E-state index is 13.9. The van der Waals surface area contributed by atoms with Crippen LogP contribution >= 0.6 is 0 Å². The molecule has 0 unspecified atom stereocenters. The molecule has 0 bridgehead atoms. The monoisotopic (exact) mass is 383 g/mol. The van der Waals surface area contributed by atoms with E-state index < -0.39 is 0 Å². The molecule has 1 fully saturated rings. The Kier molecular flexibility index (Phi) is 6.55. The lowest BCUT2D eigenvalue weighted by Gasteiger charge is -2.36. The number of aryl methyl sites for hydroxylation is 1. The molecule has 1 amide bonds. The Hall–Kier alpha value is -2.56. The van der Waals surface area contributed by atoms with Crippen LogP contribution in [0, 0.1) is 12.7 Å². The molecule has 5 heteroatoms. The molecule has 1 N–H and O–H groups in total. The van der Waals surface area contributed by atoms with Crippen LogP contribution in [-0.4, -0.2) is 43.5 Å². The number of nitrogens with one attached hydrogen (secondary N) is 1. The third kappa shape index (κ3) is 4.64. The topological polar surface area (TPSA) is 35.6 Å². The Morgan fingerprint density at radius 3 is 2.46 bits per heavy atom. The lowest BCUT2D eigenvalue weighted by Crippen LogP contribution is -2.49. The number of piperazine rings is 1. The minimum absolute atomic E-state index is 0.153. The van der Waals surface area contributed by atoms with Gasteiger partial charge < -0.3 is 15.1 Å². The molecule has 1 heterocycles. The number of carbonyl (C=O) groups excluding carboxylic acids is 1. The molecular formula is C23H30FN3O. The van der Waals surface area contributed by atoms with Gasteiger partial charge in [-0.1, -0.05) is 44.2 Å². The van der Waals surface area contributed by atoms with E-state index in [0.29, 0.717) is 50.7 Å². The van der Waals surface area contributed by atoms with Crippen LogP contribution in [0.15, 0.2) is 42.5 Å². The highest BCUT2D eigenvalue weighted by Crippen LogP contribution is 2.27. The maximum Gasteiger partial charge on any atom is 0.224 e. The molecular weight excluding hydrogens is 353 g/mol. The number of carbonyl (C=O) groups is 1. The molecule has 1 saturated heterocycles. The minimum Gasteiger partial charge on any atom is -0.384 e. The summed E-state index contributed by atoms with van der Waals surface area (Å²) in [5.41, 5.74) is 4.26. The standard InChI is InChI=1S/C23H30FN3O/c1-17(2)19-8-6-7-18(3)23(19)25-12-11-22(28)27-15-13-26(14-16-27)21-10-5-4-9-20(21)24/h4-10,17,25H,11-16H2,1-3H3. The van der Waals surface area contributed by atoms with Crippen LogP contribution in [-0.2, 0) is 4.79 Å². The van der Waals surface area contributed by atoms with Crippen LogP contribution in [0.5, 0.6) is 0 Å². The normalized spacial score (nSPS) is 14.5. The Morgan fingerprint density at radius 2 is 1.79 bits per heavy atom. The van der Waals surface area contributed by atoms with Crippen molar-refractivity contribution in [1.29, 1.82) is 0 Å². The van der Waals surface area contributed by atoms with Gasteiger partial charge in [-0.15, -0.1) is 0 Å². The second kappa shape index (κ2) is 9.09. The summed E-state index contributed by atoms with van der Waals surface area (Å²) in [5, 5.41) is 3.47. The van der Waals surface area contributed by atoms with E-state index in [1.807, 2.05) is 15.9 Å². The van der Waals surface area contributed by atoms with Gasteiger partial charge >= 0.3 is 0 Å². The zero-order chi connectivity index (χ0) is 20.1. The van der Waals surface area contributed by atoms with Gasteiger partial charge in [0.15, 0.2) is 0 Å². The highest BCUT2D eigenvalue weighted by atomic mass is 19.1. The van der Waals surface area contributed by atoms with Crippen molar-refractivity contribution >= 4 is 17.3 Å². The SMILES string of the molecule is Cc1cccc(C(C)C)c1NCCC(=O)N1CCN(c2ccccc2F)CC1. The van der Waals surface area contributed by atoms with E-state index >= 15 is 0 Å². The van der Waals surface area contributed by atoms with Crippen LogP contribution < -0.4 is 10.2 Å². The molecule has 2 aromatic rings. The Morgan fingerprint density at radius 1 is 1.07 bits per heavy atom. The van der Waals surface area contributed by atoms with Crippen molar-refractivity contribution in [1.82, 2.24) is 4.90 Å². The van der Waals surface area contributed by atoms with E-state index in [1.165, 1.54) is 17.2 Å². The molecule has 0 aromatic heterocycles. The van der Waals surface area contributed by atoms with E-state index in [9.17, 15) is 9.18 Å². The lowest BCUT2D eigenvalue weighted by molar-refractivity contribution is -0.131. The van der Waals surface area contributed by atoms with Crippen molar-refractivity contribution in [2.45, 2.75) is 33.1 Å². The van der Waals surface area contributed by atoms with Crippen LogP contribution in [0.3, 0.4) is 0 Å². The summed E-state index contributed by atoms with van der Waals surface area (Å²) in [4.78, 5) is 16.5. The van der Waals surface area contributed by atoms with Crippen molar-refractivity contribution in [3.05, 3.63) is 59.4 Å².